The van der Waals surface area contributed by atoms with Crippen LogP contribution in [0.1, 0.15) is 32.0 Å². The Hall–Kier alpha value is -0.390. The SMILES string of the molecule is CCC(C)C(N)c1c(Br)cnn1CCOC. The van der Waals surface area contributed by atoms with E-state index in [1.165, 1.54) is 0 Å². The lowest BCUT2D eigenvalue weighted by Gasteiger charge is -2.20. The second kappa shape index (κ2) is 6.37. The zero-order valence-electron chi connectivity index (χ0n) is 10.1. The molecule has 16 heavy (non-hydrogen) atoms. The van der Waals surface area contributed by atoms with Crippen molar-refractivity contribution in [2.45, 2.75) is 32.9 Å². The lowest BCUT2D eigenvalue weighted by molar-refractivity contribution is 0.181. The topological polar surface area (TPSA) is 53.1 Å². The summed E-state index contributed by atoms with van der Waals surface area (Å²) in [4.78, 5) is 0. The number of rotatable bonds is 6. The number of ether oxygens (including phenoxy) is 1. The quantitative estimate of drug-likeness (QED) is 0.875. The van der Waals surface area contributed by atoms with Crippen LogP contribution < -0.4 is 5.73 Å². The predicted octanol–water partition coefficient (Wildman–Crippen LogP) is 2.34. The van der Waals surface area contributed by atoms with Gasteiger partial charge in [0.05, 0.1) is 35.6 Å². The van der Waals surface area contributed by atoms with E-state index in [0.29, 0.717) is 12.5 Å². The molecule has 0 radical (unpaired) electrons. The van der Waals surface area contributed by atoms with Gasteiger partial charge in [-0.25, -0.2) is 0 Å². The molecule has 2 atom stereocenters. The van der Waals surface area contributed by atoms with Crippen LogP contribution in [0, 0.1) is 5.92 Å². The standard InChI is InChI=1S/C11H20BrN3O/c1-4-8(2)10(13)11-9(12)7-14-15(11)5-6-16-3/h7-8,10H,4-6,13H2,1-3H3. The zero-order chi connectivity index (χ0) is 12.1. The van der Waals surface area contributed by atoms with Gasteiger partial charge in [-0.2, -0.15) is 5.10 Å². The number of hydrogen-bond acceptors (Lipinski definition) is 3. The maximum atomic E-state index is 6.24. The first-order chi connectivity index (χ1) is 7.61. The Bertz CT molecular complexity index is 327. The second-order valence-electron chi connectivity index (χ2n) is 4.01. The summed E-state index contributed by atoms with van der Waals surface area (Å²) in [6, 6.07) is 0.0127. The molecule has 2 N–H and O–H groups in total. The molecule has 0 bridgehead atoms. The Kier molecular flexibility index (Phi) is 5.44. The van der Waals surface area contributed by atoms with Crippen LogP contribution in [-0.2, 0) is 11.3 Å². The molecule has 92 valence electrons. The number of methoxy groups -OCH3 is 1. The molecule has 0 fully saturated rings. The average molecular weight is 290 g/mol. The van der Waals surface area contributed by atoms with Gasteiger partial charge in [-0.15, -0.1) is 0 Å². The van der Waals surface area contributed by atoms with Crippen molar-refractivity contribution in [3.8, 4) is 0 Å². The molecular weight excluding hydrogens is 270 g/mol. The number of aromatic nitrogens is 2. The van der Waals surface area contributed by atoms with Gasteiger partial charge in [0, 0.05) is 7.11 Å². The number of nitrogens with two attached hydrogens (primary N) is 1. The Labute approximate surface area is 105 Å². The highest BCUT2D eigenvalue weighted by Crippen LogP contribution is 2.28. The lowest BCUT2D eigenvalue weighted by atomic mass is 9.97. The summed E-state index contributed by atoms with van der Waals surface area (Å²) >= 11 is 3.50. The van der Waals surface area contributed by atoms with Crippen LogP contribution in [0.15, 0.2) is 10.7 Å². The third kappa shape index (κ3) is 3.06. The van der Waals surface area contributed by atoms with Gasteiger partial charge in [0.2, 0.25) is 0 Å². The van der Waals surface area contributed by atoms with E-state index in [2.05, 4.69) is 34.9 Å². The first-order valence-electron chi connectivity index (χ1n) is 5.57. The molecule has 0 saturated carbocycles. The van der Waals surface area contributed by atoms with E-state index in [1.54, 1.807) is 13.3 Å². The fraction of sp³-hybridized carbons (Fsp3) is 0.727. The molecule has 1 aromatic heterocycles. The van der Waals surface area contributed by atoms with Gasteiger partial charge in [0.25, 0.3) is 0 Å². The third-order valence-electron chi connectivity index (χ3n) is 2.91. The van der Waals surface area contributed by atoms with Crippen LogP contribution in [0.5, 0.6) is 0 Å². The van der Waals surface area contributed by atoms with E-state index in [-0.39, 0.29) is 6.04 Å². The van der Waals surface area contributed by atoms with Crippen molar-refractivity contribution in [3.63, 3.8) is 0 Å². The third-order valence-corrected chi connectivity index (χ3v) is 3.52. The summed E-state index contributed by atoms with van der Waals surface area (Å²) in [5, 5.41) is 4.30. The first kappa shape index (κ1) is 13.7. The number of halogens is 1. The maximum Gasteiger partial charge on any atom is 0.0697 e. The van der Waals surface area contributed by atoms with Gasteiger partial charge in [-0.05, 0) is 21.8 Å². The molecule has 5 heteroatoms. The van der Waals surface area contributed by atoms with E-state index in [4.69, 9.17) is 10.5 Å². The van der Waals surface area contributed by atoms with Crippen molar-refractivity contribution >= 4 is 15.9 Å². The lowest BCUT2D eigenvalue weighted by Crippen LogP contribution is -2.23. The van der Waals surface area contributed by atoms with E-state index in [1.807, 2.05) is 4.68 Å². The first-order valence-corrected chi connectivity index (χ1v) is 6.36. The smallest absolute Gasteiger partial charge is 0.0697 e. The number of nitrogens with zero attached hydrogens (tertiary/aromatic N) is 2. The summed E-state index contributed by atoms with van der Waals surface area (Å²) in [7, 11) is 1.69. The summed E-state index contributed by atoms with van der Waals surface area (Å²) in [5.41, 5.74) is 7.30. The molecule has 0 amide bonds. The molecule has 2 unspecified atom stereocenters. The predicted molar refractivity (Wildman–Crippen MR) is 68.2 cm³/mol. The van der Waals surface area contributed by atoms with Gasteiger partial charge >= 0.3 is 0 Å². The molecule has 0 aliphatic heterocycles. The largest absolute Gasteiger partial charge is 0.383 e. The molecule has 4 nitrogen and oxygen atoms in total. The highest BCUT2D eigenvalue weighted by atomic mass is 79.9. The highest BCUT2D eigenvalue weighted by molar-refractivity contribution is 9.10. The van der Waals surface area contributed by atoms with Gasteiger partial charge in [0.1, 0.15) is 0 Å². The van der Waals surface area contributed by atoms with Crippen molar-refractivity contribution in [3.05, 3.63) is 16.4 Å². The van der Waals surface area contributed by atoms with Gasteiger partial charge in [-0.3, -0.25) is 4.68 Å². The Morgan fingerprint density at radius 1 is 1.62 bits per heavy atom. The Balaban J connectivity index is 2.87. The Morgan fingerprint density at radius 2 is 2.31 bits per heavy atom. The van der Waals surface area contributed by atoms with E-state index < -0.39 is 0 Å². The molecule has 0 aliphatic rings. The van der Waals surface area contributed by atoms with Crippen LogP contribution in [0.4, 0.5) is 0 Å². The number of hydrogen-bond donors (Lipinski definition) is 1. The fourth-order valence-corrected chi connectivity index (χ4v) is 2.14. The molecule has 1 rings (SSSR count). The molecule has 1 heterocycles. The van der Waals surface area contributed by atoms with Crippen molar-refractivity contribution in [1.82, 2.24) is 9.78 Å². The Morgan fingerprint density at radius 3 is 2.88 bits per heavy atom. The van der Waals surface area contributed by atoms with Crippen molar-refractivity contribution in [1.29, 1.82) is 0 Å². The summed E-state index contributed by atoms with van der Waals surface area (Å²) in [6.45, 7) is 5.69. The van der Waals surface area contributed by atoms with Crippen LogP contribution in [0.2, 0.25) is 0 Å². The summed E-state index contributed by atoms with van der Waals surface area (Å²) < 4.78 is 7.96. The molecule has 0 saturated heterocycles. The van der Waals surface area contributed by atoms with Gasteiger partial charge in [0.15, 0.2) is 0 Å². The molecule has 0 aliphatic carbocycles. The van der Waals surface area contributed by atoms with Crippen molar-refractivity contribution < 1.29 is 4.74 Å². The average Bonchev–Trinajstić information content (AvgIpc) is 2.65. The minimum absolute atomic E-state index is 0.0127. The molecular formula is C11H20BrN3O. The van der Waals surface area contributed by atoms with Gasteiger partial charge < -0.3 is 10.5 Å². The van der Waals surface area contributed by atoms with E-state index in [0.717, 1.165) is 23.1 Å². The normalized spacial score (nSPS) is 15.1. The highest BCUT2D eigenvalue weighted by Gasteiger charge is 2.20. The van der Waals surface area contributed by atoms with E-state index >= 15 is 0 Å². The molecule has 0 aromatic carbocycles. The van der Waals surface area contributed by atoms with Crippen LogP contribution in [0.3, 0.4) is 0 Å². The van der Waals surface area contributed by atoms with Crippen LogP contribution >= 0.6 is 15.9 Å². The molecule has 0 spiro atoms. The van der Waals surface area contributed by atoms with Crippen molar-refractivity contribution in [2.75, 3.05) is 13.7 Å². The minimum atomic E-state index is 0.0127. The minimum Gasteiger partial charge on any atom is -0.383 e. The van der Waals surface area contributed by atoms with Gasteiger partial charge in [-0.1, -0.05) is 20.3 Å². The second-order valence-corrected chi connectivity index (χ2v) is 4.86. The summed E-state index contributed by atoms with van der Waals surface area (Å²) in [5.74, 6) is 0.439. The van der Waals surface area contributed by atoms with E-state index in [9.17, 15) is 0 Å². The fourth-order valence-electron chi connectivity index (χ4n) is 1.58. The maximum absolute atomic E-state index is 6.24. The molecule has 1 aromatic rings. The van der Waals surface area contributed by atoms with Crippen molar-refractivity contribution in [2.24, 2.45) is 11.7 Å². The van der Waals surface area contributed by atoms with Crippen LogP contribution in [-0.4, -0.2) is 23.5 Å². The summed E-state index contributed by atoms with van der Waals surface area (Å²) in [6.07, 6.45) is 2.86. The monoisotopic (exact) mass is 289 g/mol. The zero-order valence-corrected chi connectivity index (χ0v) is 11.7. The van der Waals surface area contributed by atoms with Crippen LogP contribution in [0.25, 0.3) is 0 Å².